The van der Waals surface area contributed by atoms with Gasteiger partial charge in [0, 0.05) is 5.56 Å². The first kappa shape index (κ1) is 13.2. The van der Waals surface area contributed by atoms with Gasteiger partial charge in [-0.05, 0) is 48.1 Å². The topological polar surface area (TPSA) is 34.4 Å². The van der Waals surface area contributed by atoms with Gasteiger partial charge in [-0.1, -0.05) is 17.7 Å². The van der Waals surface area contributed by atoms with E-state index in [0.29, 0.717) is 0 Å². The minimum Gasteiger partial charge on any atom is -0.496 e. The highest BCUT2D eigenvalue weighted by Gasteiger charge is 2.19. The smallest absolute Gasteiger partial charge is 0.169 e. The van der Waals surface area contributed by atoms with E-state index < -0.39 is 0 Å². The molecule has 1 aromatic heterocycles. The van der Waals surface area contributed by atoms with Crippen LogP contribution in [0, 0.1) is 6.92 Å². The number of rotatable bonds is 4. The fraction of sp³-hybridized carbons (Fsp3) is 0.286. The molecule has 0 saturated heterocycles. The molecule has 0 bridgehead atoms. The Morgan fingerprint density at radius 3 is 2.61 bits per heavy atom. The molecule has 3 nitrogen and oxygen atoms in total. The molecular formula is C14H16BrNO2. The molecule has 0 aliphatic rings. The van der Waals surface area contributed by atoms with E-state index in [4.69, 9.17) is 9.15 Å². The summed E-state index contributed by atoms with van der Waals surface area (Å²) in [5.74, 6) is 1.71. The van der Waals surface area contributed by atoms with Crippen LogP contribution in [-0.4, -0.2) is 14.2 Å². The Balaban J connectivity index is 2.47. The van der Waals surface area contributed by atoms with E-state index in [9.17, 15) is 0 Å². The van der Waals surface area contributed by atoms with Gasteiger partial charge < -0.3 is 14.5 Å². The maximum atomic E-state index is 5.63. The van der Waals surface area contributed by atoms with Gasteiger partial charge in [0.05, 0.1) is 13.2 Å². The van der Waals surface area contributed by atoms with E-state index in [1.807, 2.05) is 31.3 Å². The Bertz CT molecular complexity index is 536. The number of ether oxygens (including phenoxy) is 1. The molecule has 0 aliphatic carbocycles. The van der Waals surface area contributed by atoms with Gasteiger partial charge in [0.15, 0.2) is 4.67 Å². The molecule has 1 N–H and O–H groups in total. The summed E-state index contributed by atoms with van der Waals surface area (Å²) in [6, 6.07) is 9.94. The van der Waals surface area contributed by atoms with Crippen LogP contribution in [0.4, 0.5) is 0 Å². The summed E-state index contributed by atoms with van der Waals surface area (Å²) in [6.45, 7) is 2.06. The number of nitrogens with one attached hydrogen (secondary N) is 1. The van der Waals surface area contributed by atoms with E-state index in [1.165, 1.54) is 5.56 Å². The van der Waals surface area contributed by atoms with Crippen molar-refractivity contribution in [1.82, 2.24) is 5.32 Å². The van der Waals surface area contributed by atoms with Crippen molar-refractivity contribution >= 4 is 15.9 Å². The van der Waals surface area contributed by atoms with Crippen LogP contribution in [0.2, 0.25) is 0 Å². The number of aryl methyl sites for hydroxylation is 1. The van der Waals surface area contributed by atoms with Gasteiger partial charge in [0.2, 0.25) is 0 Å². The maximum absolute atomic E-state index is 5.63. The van der Waals surface area contributed by atoms with Gasteiger partial charge in [-0.25, -0.2) is 0 Å². The van der Waals surface area contributed by atoms with Crippen LogP contribution in [0.25, 0.3) is 0 Å². The molecule has 96 valence electrons. The second kappa shape index (κ2) is 5.59. The summed E-state index contributed by atoms with van der Waals surface area (Å²) < 4.78 is 11.8. The molecule has 18 heavy (non-hydrogen) atoms. The summed E-state index contributed by atoms with van der Waals surface area (Å²) >= 11 is 3.33. The predicted molar refractivity (Wildman–Crippen MR) is 75.0 cm³/mol. The van der Waals surface area contributed by atoms with Crippen LogP contribution in [0.1, 0.15) is 22.9 Å². The molecule has 0 aliphatic heterocycles. The summed E-state index contributed by atoms with van der Waals surface area (Å²) in [5, 5.41) is 3.26. The number of hydrogen-bond donors (Lipinski definition) is 1. The molecule has 2 aromatic rings. The zero-order valence-electron chi connectivity index (χ0n) is 10.7. The number of methoxy groups -OCH3 is 1. The molecule has 1 aromatic carbocycles. The Labute approximate surface area is 115 Å². The number of furan rings is 1. The summed E-state index contributed by atoms with van der Waals surface area (Å²) in [7, 11) is 3.59. The highest BCUT2D eigenvalue weighted by molar-refractivity contribution is 9.10. The van der Waals surface area contributed by atoms with Crippen molar-refractivity contribution < 1.29 is 9.15 Å². The number of benzene rings is 1. The molecule has 1 heterocycles. The third kappa shape index (κ3) is 2.60. The largest absolute Gasteiger partial charge is 0.496 e. The van der Waals surface area contributed by atoms with Crippen LogP contribution in [0.15, 0.2) is 39.4 Å². The number of halogens is 1. The highest BCUT2D eigenvalue weighted by Crippen LogP contribution is 2.32. The van der Waals surface area contributed by atoms with Crippen molar-refractivity contribution in [2.75, 3.05) is 14.2 Å². The van der Waals surface area contributed by atoms with Gasteiger partial charge in [0.25, 0.3) is 0 Å². The van der Waals surface area contributed by atoms with Gasteiger partial charge in [0.1, 0.15) is 11.5 Å². The lowest BCUT2D eigenvalue weighted by molar-refractivity contribution is 0.394. The Morgan fingerprint density at radius 1 is 1.28 bits per heavy atom. The molecule has 1 atom stereocenters. The molecule has 0 spiro atoms. The van der Waals surface area contributed by atoms with Crippen molar-refractivity contribution in [3.8, 4) is 5.75 Å². The first-order valence-corrected chi connectivity index (χ1v) is 6.52. The van der Waals surface area contributed by atoms with Gasteiger partial charge in [-0.2, -0.15) is 0 Å². The lowest BCUT2D eigenvalue weighted by Crippen LogP contribution is -2.18. The summed E-state index contributed by atoms with van der Waals surface area (Å²) in [5.41, 5.74) is 2.26. The zero-order valence-corrected chi connectivity index (χ0v) is 12.2. The Kier molecular flexibility index (Phi) is 4.09. The molecule has 1 unspecified atom stereocenters. The SMILES string of the molecule is CNC(c1ccc(Br)o1)c1cc(C)ccc1OC. The fourth-order valence-corrected chi connectivity index (χ4v) is 2.33. The van der Waals surface area contributed by atoms with E-state index >= 15 is 0 Å². The van der Waals surface area contributed by atoms with E-state index in [1.54, 1.807) is 7.11 Å². The zero-order chi connectivity index (χ0) is 13.1. The Morgan fingerprint density at radius 2 is 2.06 bits per heavy atom. The van der Waals surface area contributed by atoms with Crippen LogP contribution in [0.3, 0.4) is 0 Å². The van der Waals surface area contributed by atoms with Crippen molar-refractivity contribution in [1.29, 1.82) is 0 Å². The van der Waals surface area contributed by atoms with Crippen LogP contribution >= 0.6 is 15.9 Å². The molecule has 0 amide bonds. The molecular weight excluding hydrogens is 294 g/mol. The molecule has 0 radical (unpaired) electrons. The third-order valence-corrected chi connectivity index (χ3v) is 3.29. The first-order valence-electron chi connectivity index (χ1n) is 5.72. The molecule has 0 fully saturated rings. The maximum Gasteiger partial charge on any atom is 0.169 e. The average Bonchev–Trinajstić information content (AvgIpc) is 2.77. The van der Waals surface area contributed by atoms with Crippen LogP contribution < -0.4 is 10.1 Å². The fourth-order valence-electron chi connectivity index (χ4n) is 2.01. The van der Waals surface area contributed by atoms with Gasteiger partial charge in [-0.15, -0.1) is 0 Å². The second-order valence-electron chi connectivity index (χ2n) is 4.11. The van der Waals surface area contributed by atoms with Crippen LogP contribution in [0.5, 0.6) is 5.75 Å². The van der Waals surface area contributed by atoms with E-state index in [-0.39, 0.29) is 6.04 Å². The van der Waals surface area contributed by atoms with Crippen molar-refractivity contribution in [3.63, 3.8) is 0 Å². The van der Waals surface area contributed by atoms with Crippen molar-refractivity contribution in [2.24, 2.45) is 0 Å². The highest BCUT2D eigenvalue weighted by atomic mass is 79.9. The number of hydrogen-bond acceptors (Lipinski definition) is 3. The summed E-state index contributed by atoms with van der Waals surface area (Å²) in [6.07, 6.45) is 0. The summed E-state index contributed by atoms with van der Waals surface area (Å²) in [4.78, 5) is 0. The average molecular weight is 310 g/mol. The van der Waals surface area contributed by atoms with Gasteiger partial charge >= 0.3 is 0 Å². The third-order valence-electron chi connectivity index (χ3n) is 2.86. The standard InChI is InChI=1S/C14H16BrNO2/c1-9-4-5-11(17-3)10(8-9)14(16-2)12-6-7-13(15)18-12/h4-8,14,16H,1-3H3. The minimum atomic E-state index is -0.0221. The Hall–Kier alpha value is -1.26. The van der Waals surface area contributed by atoms with Crippen LogP contribution in [-0.2, 0) is 0 Å². The second-order valence-corrected chi connectivity index (χ2v) is 4.89. The first-order chi connectivity index (χ1) is 8.65. The van der Waals surface area contributed by atoms with Crippen molar-refractivity contribution in [3.05, 3.63) is 51.9 Å². The molecule has 4 heteroatoms. The van der Waals surface area contributed by atoms with E-state index in [0.717, 1.165) is 21.7 Å². The predicted octanol–water partition coefficient (Wildman–Crippen LogP) is 3.67. The normalized spacial score (nSPS) is 12.4. The van der Waals surface area contributed by atoms with Crippen molar-refractivity contribution in [2.45, 2.75) is 13.0 Å². The van der Waals surface area contributed by atoms with E-state index in [2.05, 4.69) is 34.2 Å². The monoisotopic (exact) mass is 309 g/mol. The molecule has 2 rings (SSSR count). The minimum absolute atomic E-state index is 0.0221. The lowest BCUT2D eigenvalue weighted by atomic mass is 10.0. The quantitative estimate of drug-likeness (QED) is 0.935. The lowest BCUT2D eigenvalue weighted by Gasteiger charge is -2.18. The molecule has 0 saturated carbocycles. The van der Waals surface area contributed by atoms with Gasteiger partial charge in [-0.3, -0.25) is 0 Å².